The van der Waals surface area contributed by atoms with Crippen molar-refractivity contribution in [3.05, 3.63) is 59.0 Å². The van der Waals surface area contributed by atoms with Gasteiger partial charge in [0.05, 0.1) is 7.11 Å². The van der Waals surface area contributed by atoms with Crippen LogP contribution in [-0.2, 0) is 13.2 Å². The third kappa shape index (κ3) is 2.86. The Bertz CT molecular complexity index is 751. The molecule has 0 aliphatic heterocycles. The average Bonchev–Trinajstić information content (AvgIpc) is 2.96. The summed E-state index contributed by atoms with van der Waals surface area (Å²) in [5.74, 6) is 1.56. The molecule has 3 aromatic rings. The fourth-order valence-electron chi connectivity index (χ4n) is 2.26. The van der Waals surface area contributed by atoms with E-state index >= 15 is 0 Å². The summed E-state index contributed by atoms with van der Waals surface area (Å²) in [6, 6.07) is 14.1. The minimum atomic E-state index is 0.448. The number of methoxy groups -OCH3 is 1. The van der Waals surface area contributed by atoms with Crippen molar-refractivity contribution in [2.45, 2.75) is 13.2 Å². The van der Waals surface area contributed by atoms with Crippen LogP contribution in [0.1, 0.15) is 11.1 Å². The molecule has 3 nitrogen and oxygen atoms in total. The lowest BCUT2D eigenvalue weighted by Gasteiger charge is -2.11. The monoisotopic (exact) mass is 299 g/mol. The summed E-state index contributed by atoms with van der Waals surface area (Å²) in [6.45, 7) is 0.980. The normalized spacial score (nSPS) is 10.8. The number of thiophene rings is 1. The van der Waals surface area contributed by atoms with Gasteiger partial charge in [-0.2, -0.15) is 0 Å². The maximum Gasteiger partial charge on any atom is 0.127 e. The molecule has 0 amide bonds. The van der Waals surface area contributed by atoms with Crippen LogP contribution in [0.3, 0.4) is 0 Å². The molecule has 0 saturated heterocycles. The van der Waals surface area contributed by atoms with Gasteiger partial charge in [0, 0.05) is 28.4 Å². The largest absolute Gasteiger partial charge is 0.497 e. The van der Waals surface area contributed by atoms with Crippen LogP contribution in [0, 0.1) is 0 Å². The summed E-state index contributed by atoms with van der Waals surface area (Å²) >= 11 is 1.74. The molecule has 0 spiro atoms. The Labute approximate surface area is 127 Å². The molecular weight excluding hydrogens is 282 g/mol. The number of hydrogen-bond donors (Lipinski definition) is 1. The highest BCUT2D eigenvalue weighted by Crippen LogP contribution is 2.29. The molecule has 0 bridgehead atoms. The van der Waals surface area contributed by atoms with Gasteiger partial charge in [0.2, 0.25) is 0 Å². The second kappa shape index (κ2) is 6.16. The van der Waals surface area contributed by atoms with Crippen LogP contribution >= 0.6 is 11.3 Å². The van der Waals surface area contributed by atoms with Crippen LogP contribution in [0.15, 0.2) is 47.8 Å². The van der Waals surface area contributed by atoms with E-state index in [2.05, 4.69) is 29.6 Å². The molecule has 21 heavy (non-hydrogen) atoms. The SMILES string of the molecule is COc1ccc(CN)c(OCc2csc3ccccc23)c1. The summed E-state index contributed by atoms with van der Waals surface area (Å²) in [4.78, 5) is 0. The first-order chi connectivity index (χ1) is 10.3. The summed E-state index contributed by atoms with van der Waals surface area (Å²) in [6.07, 6.45) is 0. The van der Waals surface area contributed by atoms with Gasteiger partial charge in [-0.1, -0.05) is 24.3 Å². The van der Waals surface area contributed by atoms with Crippen LogP contribution in [0.25, 0.3) is 10.1 Å². The third-order valence-corrected chi connectivity index (χ3v) is 4.45. The molecule has 1 aromatic heterocycles. The number of hydrogen-bond acceptors (Lipinski definition) is 4. The van der Waals surface area contributed by atoms with Crippen molar-refractivity contribution in [1.82, 2.24) is 0 Å². The Kier molecular flexibility index (Phi) is 4.08. The smallest absolute Gasteiger partial charge is 0.127 e. The van der Waals surface area contributed by atoms with E-state index in [1.54, 1.807) is 18.4 Å². The van der Waals surface area contributed by atoms with E-state index in [0.717, 1.165) is 17.1 Å². The zero-order valence-corrected chi connectivity index (χ0v) is 12.7. The van der Waals surface area contributed by atoms with E-state index < -0.39 is 0 Å². The van der Waals surface area contributed by atoms with E-state index in [1.165, 1.54) is 15.6 Å². The lowest BCUT2D eigenvalue weighted by molar-refractivity contribution is 0.302. The average molecular weight is 299 g/mol. The van der Waals surface area contributed by atoms with Crippen LogP contribution < -0.4 is 15.2 Å². The van der Waals surface area contributed by atoms with Crippen molar-refractivity contribution >= 4 is 21.4 Å². The second-order valence-electron chi connectivity index (χ2n) is 4.72. The minimum absolute atomic E-state index is 0.448. The highest BCUT2D eigenvalue weighted by atomic mass is 32.1. The Balaban J connectivity index is 1.84. The van der Waals surface area contributed by atoms with Gasteiger partial charge < -0.3 is 15.2 Å². The number of fused-ring (bicyclic) bond motifs is 1. The van der Waals surface area contributed by atoms with Gasteiger partial charge >= 0.3 is 0 Å². The number of ether oxygens (including phenoxy) is 2. The summed E-state index contributed by atoms with van der Waals surface area (Å²) < 4.78 is 12.5. The highest BCUT2D eigenvalue weighted by molar-refractivity contribution is 7.17. The van der Waals surface area contributed by atoms with Gasteiger partial charge in [-0.05, 0) is 22.9 Å². The van der Waals surface area contributed by atoms with Crippen LogP contribution in [0.4, 0.5) is 0 Å². The summed E-state index contributed by atoms with van der Waals surface area (Å²) in [7, 11) is 1.65. The lowest BCUT2D eigenvalue weighted by atomic mass is 10.1. The Morgan fingerprint density at radius 1 is 1.10 bits per heavy atom. The molecule has 108 valence electrons. The number of rotatable bonds is 5. The van der Waals surface area contributed by atoms with Crippen molar-refractivity contribution in [2.75, 3.05) is 7.11 Å². The number of nitrogens with two attached hydrogens (primary N) is 1. The minimum Gasteiger partial charge on any atom is -0.497 e. The second-order valence-corrected chi connectivity index (χ2v) is 5.63. The molecule has 0 unspecified atom stereocenters. The van der Waals surface area contributed by atoms with Crippen molar-refractivity contribution in [3.63, 3.8) is 0 Å². The molecular formula is C17H17NO2S. The van der Waals surface area contributed by atoms with Crippen molar-refractivity contribution in [3.8, 4) is 11.5 Å². The predicted molar refractivity (Wildman–Crippen MR) is 87.0 cm³/mol. The molecule has 4 heteroatoms. The van der Waals surface area contributed by atoms with Crippen LogP contribution in [-0.4, -0.2) is 7.11 Å². The molecule has 3 rings (SSSR count). The first-order valence-electron chi connectivity index (χ1n) is 6.76. The van der Waals surface area contributed by atoms with Gasteiger partial charge in [0.15, 0.2) is 0 Å². The number of benzene rings is 2. The first kappa shape index (κ1) is 13.9. The Hall–Kier alpha value is -2.04. The zero-order chi connectivity index (χ0) is 14.7. The summed E-state index contributed by atoms with van der Waals surface area (Å²) in [5.41, 5.74) is 7.94. The van der Waals surface area contributed by atoms with Gasteiger partial charge in [0.25, 0.3) is 0 Å². The van der Waals surface area contributed by atoms with E-state index in [9.17, 15) is 0 Å². The van der Waals surface area contributed by atoms with Crippen molar-refractivity contribution < 1.29 is 9.47 Å². The molecule has 0 fully saturated rings. The third-order valence-electron chi connectivity index (χ3n) is 3.44. The van der Waals surface area contributed by atoms with Crippen LogP contribution in [0.5, 0.6) is 11.5 Å². The maximum absolute atomic E-state index is 5.97. The van der Waals surface area contributed by atoms with E-state index in [4.69, 9.17) is 15.2 Å². The fraction of sp³-hybridized carbons (Fsp3) is 0.176. The van der Waals surface area contributed by atoms with Crippen molar-refractivity contribution in [2.24, 2.45) is 5.73 Å². The van der Waals surface area contributed by atoms with Gasteiger partial charge in [-0.15, -0.1) is 11.3 Å². The molecule has 2 N–H and O–H groups in total. The Morgan fingerprint density at radius 3 is 2.76 bits per heavy atom. The molecule has 2 aromatic carbocycles. The highest BCUT2D eigenvalue weighted by Gasteiger charge is 2.08. The van der Waals surface area contributed by atoms with Gasteiger partial charge in [-0.25, -0.2) is 0 Å². The molecule has 0 radical (unpaired) electrons. The first-order valence-corrected chi connectivity index (χ1v) is 7.64. The molecule has 0 aliphatic carbocycles. The molecule has 0 aliphatic rings. The van der Waals surface area contributed by atoms with E-state index in [1.807, 2.05) is 18.2 Å². The molecule has 1 heterocycles. The fourth-order valence-corrected chi connectivity index (χ4v) is 3.21. The maximum atomic E-state index is 5.97. The topological polar surface area (TPSA) is 44.5 Å². The quantitative estimate of drug-likeness (QED) is 0.776. The van der Waals surface area contributed by atoms with Crippen LogP contribution in [0.2, 0.25) is 0 Å². The van der Waals surface area contributed by atoms with Crippen molar-refractivity contribution in [1.29, 1.82) is 0 Å². The van der Waals surface area contributed by atoms with E-state index in [0.29, 0.717) is 13.2 Å². The van der Waals surface area contributed by atoms with E-state index in [-0.39, 0.29) is 0 Å². The Morgan fingerprint density at radius 2 is 1.95 bits per heavy atom. The predicted octanol–water partition coefficient (Wildman–Crippen LogP) is 3.95. The van der Waals surface area contributed by atoms with Gasteiger partial charge in [0.1, 0.15) is 18.1 Å². The molecule has 0 atom stereocenters. The zero-order valence-electron chi connectivity index (χ0n) is 11.8. The summed E-state index contributed by atoms with van der Waals surface area (Å²) in [5, 5.41) is 3.40. The lowest BCUT2D eigenvalue weighted by Crippen LogP contribution is -2.03. The standard InChI is InChI=1S/C17H17NO2S/c1-19-14-7-6-12(9-18)16(8-14)20-10-13-11-21-17-5-3-2-4-15(13)17/h2-8,11H,9-10,18H2,1H3. The molecule has 0 saturated carbocycles. The van der Waals surface area contributed by atoms with Gasteiger partial charge in [-0.3, -0.25) is 0 Å².